The molecule has 2 rings (SSSR count). The minimum atomic E-state index is -0.321. The average Bonchev–Trinajstić information content (AvgIpc) is 2.74. The lowest BCUT2D eigenvalue weighted by Crippen LogP contribution is -2.24. The molecule has 2 heterocycles. The number of hydrogen-bond acceptors (Lipinski definition) is 5. The van der Waals surface area contributed by atoms with Crippen LogP contribution in [0.4, 0.5) is 11.5 Å². The second kappa shape index (κ2) is 6.01. The highest BCUT2D eigenvalue weighted by molar-refractivity contribution is 9.10. The molecule has 0 spiro atoms. The fourth-order valence-corrected chi connectivity index (χ4v) is 2.94. The third-order valence-corrected chi connectivity index (χ3v) is 4.06. The van der Waals surface area contributed by atoms with Gasteiger partial charge in [0.1, 0.15) is 11.4 Å². The van der Waals surface area contributed by atoms with Crippen LogP contribution in [0, 0.1) is 0 Å². The number of nitrogens with two attached hydrogens (primary N) is 1. The van der Waals surface area contributed by atoms with Gasteiger partial charge in [-0.3, -0.25) is 0 Å². The second-order valence-electron chi connectivity index (χ2n) is 5.39. The Balaban J connectivity index is 2.07. The Labute approximate surface area is 131 Å². The predicted octanol–water partition coefficient (Wildman–Crippen LogP) is 4.28. The van der Waals surface area contributed by atoms with Crippen LogP contribution in [0.15, 0.2) is 28.1 Å². The zero-order chi connectivity index (χ0) is 14.8. The molecule has 108 valence electrons. The van der Waals surface area contributed by atoms with E-state index in [1.54, 1.807) is 17.4 Å². The number of nitrogen functional groups attached to an aromatic ring is 1. The fourth-order valence-electron chi connectivity index (χ4n) is 1.55. The third kappa shape index (κ3) is 4.38. The molecule has 0 saturated heterocycles. The van der Waals surface area contributed by atoms with Crippen molar-refractivity contribution in [2.75, 3.05) is 11.1 Å². The molecule has 2 aromatic rings. The molecule has 0 saturated carbocycles. The largest absolute Gasteiger partial charge is 0.470 e. The minimum absolute atomic E-state index is 0.321. The first-order valence-corrected chi connectivity index (χ1v) is 7.93. The molecule has 2 aromatic heterocycles. The van der Waals surface area contributed by atoms with Crippen molar-refractivity contribution in [2.45, 2.75) is 32.9 Å². The van der Waals surface area contributed by atoms with Gasteiger partial charge in [-0.2, -0.15) is 4.98 Å². The van der Waals surface area contributed by atoms with E-state index in [1.807, 2.05) is 26.8 Å². The number of aromatic nitrogens is 1. The number of pyridine rings is 1. The van der Waals surface area contributed by atoms with Crippen molar-refractivity contribution in [1.82, 2.24) is 4.98 Å². The van der Waals surface area contributed by atoms with E-state index in [0.29, 0.717) is 11.6 Å². The molecule has 4 nitrogen and oxygen atoms in total. The Morgan fingerprint density at radius 3 is 2.75 bits per heavy atom. The summed E-state index contributed by atoms with van der Waals surface area (Å²) >= 11 is 5.14. The molecule has 0 aliphatic heterocycles. The summed E-state index contributed by atoms with van der Waals surface area (Å²) in [6, 6.07) is 5.75. The molecule has 0 aliphatic rings. The number of thiophene rings is 1. The van der Waals surface area contributed by atoms with E-state index in [9.17, 15) is 0 Å². The van der Waals surface area contributed by atoms with Crippen LogP contribution in [0.5, 0.6) is 5.88 Å². The highest BCUT2D eigenvalue weighted by Gasteiger charge is 2.15. The summed E-state index contributed by atoms with van der Waals surface area (Å²) in [6.07, 6.45) is 0. The maximum Gasteiger partial charge on any atom is 0.239 e. The van der Waals surface area contributed by atoms with Crippen molar-refractivity contribution in [2.24, 2.45) is 0 Å². The summed E-state index contributed by atoms with van der Waals surface area (Å²) in [6.45, 7) is 6.63. The summed E-state index contributed by atoms with van der Waals surface area (Å²) in [5, 5.41) is 5.33. The van der Waals surface area contributed by atoms with Crippen LogP contribution in [0.2, 0.25) is 0 Å². The van der Waals surface area contributed by atoms with Gasteiger partial charge in [0.05, 0.1) is 12.2 Å². The van der Waals surface area contributed by atoms with Crippen LogP contribution in [0.25, 0.3) is 0 Å². The lowest BCUT2D eigenvalue weighted by molar-refractivity contribution is 0.125. The van der Waals surface area contributed by atoms with E-state index >= 15 is 0 Å². The zero-order valence-electron chi connectivity index (χ0n) is 11.7. The monoisotopic (exact) mass is 355 g/mol. The summed E-state index contributed by atoms with van der Waals surface area (Å²) in [4.78, 5) is 5.64. The topological polar surface area (TPSA) is 60.2 Å². The molecule has 20 heavy (non-hydrogen) atoms. The fraction of sp³-hybridized carbons (Fsp3) is 0.357. The highest BCUT2D eigenvalue weighted by atomic mass is 79.9. The quantitative estimate of drug-likeness (QED) is 0.859. The number of halogens is 1. The van der Waals surface area contributed by atoms with E-state index in [2.05, 4.69) is 37.7 Å². The normalized spacial score (nSPS) is 11.4. The van der Waals surface area contributed by atoms with Crippen LogP contribution >= 0.6 is 27.3 Å². The Bertz CT molecular complexity index is 592. The van der Waals surface area contributed by atoms with Crippen LogP contribution in [0.3, 0.4) is 0 Å². The highest BCUT2D eigenvalue weighted by Crippen LogP contribution is 2.26. The van der Waals surface area contributed by atoms with Crippen LogP contribution in [-0.2, 0) is 6.54 Å². The first-order chi connectivity index (χ1) is 9.33. The average molecular weight is 356 g/mol. The summed E-state index contributed by atoms with van der Waals surface area (Å²) in [5.74, 6) is 1.22. The molecule has 0 amide bonds. The molecule has 0 radical (unpaired) electrons. The van der Waals surface area contributed by atoms with E-state index in [4.69, 9.17) is 10.5 Å². The SMILES string of the molecule is CC(C)(C)Oc1nc(NCc2cc(Br)cs2)ccc1N. The van der Waals surface area contributed by atoms with E-state index in [0.717, 1.165) is 16.8 Å². The first-order valence-electron chi connectivity index (χ1n) is 6.26. The molecule has 0 aromatic carbocycles. The van der Waals surface area contributed by atoms with Crippen LogP contribution in [0.1, 0.15) is 25.6 Å². The minimum Gasteiger partial charge on any atom is -0.470 e. The van der Waals surface area contributed by atoms with E-state index in [-0.39, 0.29) is 5.60 Å². The molecule has 0 atom stereocenters. The van der Waals surface area contributed by atoms with Crippen molar-refractivity contribution in [3.8, 4) is 5.88 Å². The van der Waals surface area contributed by atoms with Gasteiger partial charge in [-0.15, -0.1) is 11.3 Å². The smallest absolute Gasteiger partial charge is 0.239 e. The Morgan fingerprint density at radius 2 is 2.15 bits per heavy atom. The van der Waals surface area contributed by atoms with Crippen molar-refractivity contribution in [3.63, 3.8) is 0 Å². The lowest BCUT2D eigenvalue weighted by atomic mass is 10.2. The number of anilines is 2. The van der Waals surface area contributed by atoms with Gasteiger partial charge in [-0.1, -0.05) is 0 Å². The molecule has 0 unspecified atom stereocenters. The maximum atomic E-state index is 5.89. The maximum absolute atomic E-state index is 5.89. The molecule has 0 bridgehead atoms. The summed E-state index contributed by atoms with van der Waals surface area (Å²) < 4.78 is 6.85. The van der Waals surface area contributed by atoms with Crippen molar-refractivity contribution < 1.29 is 4.74 Å². The van der Waals surface area contributed by atoms with Gasteiger partial charge in [-0.25, -0.2) is 0 Å². The molecular formula is C14H18BrN3OS. The molecule has 0 aliphatic carbocycles. The summed E-state index contributed by atoms with van der Waals surface area (Å²) in [7, 11) is 0. The molecular weight excluding hydrogens is 338 g/mol. The van der Waals surface area contributed by atoms with Gasteiger partial charge < -0.3 is 15.8 Å². The van der Waals surface area contributed by atoms with Crippen molar-refractivity contribution in [1.29, 1.82) is 0 Å². The Morgan fingerprint density at radius 1 is 1.40 bits per heavy atom. The number of ether oxygens (including phenoxy) is 1. The number of hydrogen-bond donors (Lipinski definition) is 2. The number of nitrogens with one attached hydrogen (secondary N) is 1. The van der Waals surface area contributed by atoms with Crippen molar-refractivity contribution >= 4 is 38.8 Å². The standard InChI is InChI=1S/C14H18BrN3OS/c1-14(2,3)19-13-11(16)4-5-12(18-13)17-7-10-6-9(15)8-20-10/h4-6,8H,7,16H2,1-3H3,(H,17,18). The third-order valence-electron chi connectivity index (χ3n) is 2.36. The molecule has 3 N–H and O–H groups in total. The van der Waals surface area contributed by atoms with Gasteiger partial charge in [0.25, 0.3) is 0 Å². The Hall–Kier alpha value is -1.27. The van der Waals surface area contributed by atoms with Gasteiger partial charge in [0, 0.05) is 14.7 Å². The van der Waals surface area contributed by atoms with Gasteiger partial charge in [0.15, 0.2) is 0 Å². The summed E-state index contributed by atoms with van der Waals surface area (Å²) in [5.41, 5.74) is 6.11. The molecule has 0 fully saturated rings. The van der Waals surface area contributed by atoms with Crippen LogP contribution in [-0.4, -0.2) is 10.6 Å². The number of nitrogens with zero attached hydrogens (tertiary/aromatic N) is 1. The van der Waals surface area contributed by atoms with E-state index < -0.39 is 0 Å². The van der Waals surface area contributed by atoms with Crippen LogP contribution < -0.4 is 15.8 Å². The Kier molecular flexibility index (Phi) is 4.55. The predicted molar refractivity (Wildman–Crippen MR) is 88.4 cm³/mol. The molecule has 6 heteroatoms. The van der Waals surface area contributed by atoms with Gasteiger partial charge in [-0.05, 0) is 54.9 Å². The lowest BCUT2D eigenvalue weighted by Gasteiger charge is -2.21. The van der Waals surface area contributed by atoms with Gasteiger partial charge in [0.2, 0.25) is 5.88 Å². The second-order valence-corrected chi connectivity index (χ2v) is 7.30. The number of rotatable bonds is 4. The van der Waals surface area contributed by atoms with Gasteiger partial charge >= 0.3 is 0 Å². The van der Waals surface area contributed by atoms with Crippen molar-refractivity contribution in [3.05, 3.63) is 32.9 Å². The first kappa shape index (κ1) is 15.1. The zero-order valence-corrected chi connectivity index (χ0v) is 14.1. The van der Waals surface area contributed by atoms with E-state index in [1.165, 1.54) is 4.88 Å².